The molecule has 0 aromatic heterocycles. The molecule has 0 aliphatic carbocycles. The highest BCUT2D eigenvalue weighted by molar-refractivity contribution is 5.87. The zero-order valence-electron chi connectivity index (χ0n) is 17.8. The molecule has 0 saturated heterocycles. The largest absolute Gasteiger partial charge is 0.463 e. The summed E-state index contributed by atoms with van der Waals surface area (Å²) in [6.45, 7) is 10.0. The monoisotopic (exact) mass is 420 g/mol. The third kappa shape index (κ3) is 3.17. The third-order valence-corrected chi connectivity index (χ3v) is 6.02. The Kier molecular flexibility index (Phi) is 4.84. The predicted octanol–water partition coefficient (Wildman–Crippen LogP) is 4.61. The first kappa shape index (κ1) is 20.7. The lowest BCUT2D eigenvalue weighted by Crippen LogP contribution is -2.60. The minimum absolute atomic E-state index is 0.0143. The predicted molar refractivity (Wildman–Crippen MR) is 118 cm³/mol. The average Bonchev–Trinajstić information content (AvgIpc) is 2.92. The molecule has 7 heteroatoms. The van der Waals surface area contributed by atoms with Gasteiger partial charge in [-0.25, -0.2) is 4.79 Å². The summed E-state index contributed by atoms with van der Waals surface area (Å²) in [6, 6.07) is 12.6. The van der Waals surface area contributed by atoms with E-state index in [9.17, 15) is 14.9 Å². The normalized spacial score (nSPS) is 20.0. The molecule has 0 N–H and O–H groups in total. The van der Waals surface area contributed by atoms with Gasteiger partial charge in [-0.05, 0) is 50.6 Å². The summed E-state index contributed by atoms with van der Waals surface area (Å²) in [7, 11) is 0. The molecule has 4 rings (SSSR count). The summed E-state index contributed by atoms with van der Waals surface area (Å²) < 4.78 is 11.9. The summed E-state index contributed by atoms with van der Waals surface area (Å²) in [6.07, 6.45) is 3.81. The number of carbonyl (C=O) groups excluding carboxylic acids is 1. The number of ether oxygens (including phenoxy) is 2. The Morgan fingerprint density at radius 2 is 2.00 bits per heavy atom. The Labute approximate surface area is 180 Å². The van der Waals surface area contributed by atoms with Crippen molar-refractivity contribution in [2.24, 2.45) is 0 Å². The zero-order chi connectivity index (χ0) is 22.4. The molecule has 2 aromatic rings. The van der Waals surface area contributed by atoms with Crippen molar-refractivity contribution >= 4 is 23.4 Å². The van der Waals surface area contributed by atoms with Gasteiger partial charge in [0.05, 0.1) is 16.9 Å². The van der Waals surface area contributed by atoms with Crippen LogP contribution < -0.4 is 9.64 Å². The van der Waals surface area contributed by atoms with Gasteiger partial charge in [-0.2, -0.15) is 0 Å². The molecular weight excluding hydrogens is 396 g/mol. The standard InChI is InChI=1S/C24H24N2O5/c1-16(2)22(27)30-14-13-25-20-8-6-5-7-19(20)23(3,4)24(25)12-11-17-15-18(26(28)29)9-10-21(17)31-24/h5-12,15H,1,13-14H2,2-4H3/t24-/m0/s1. The minimum Gasteiger partial charge on any atom is -0.463 e. The molecule has 7 nitrogen and oxygen atoms in total. The van der Waals surface area contributed by atoms with Crippen LogP contribution in [0.25, 0.3) is 6.08 Å². The van der Waals surface area contributed by atoms with Gasteiger partial charge in [0.15, 0.2) is 0 Å². The Hall–Kier alpha value is -3.61. The summed E-state index contributed by atoms with van der Waals surface area (Å²) in [5.74, 6) is 0.136. The number of esters is 1. The van der Waals surface area contributed by atoms with Crippen LogP contribution >= 0.6 is 0 Å². The molecular formula is C24H24N2O5. The van der Waals surface area contributed by atoms with Crippen LogP contribution in [0.5, 0.6) is 5.75 Å². The first-order valence-electron chi connectivity index (χ1n) is 10.0. The van der Waals surface area contributed by atoms with E-state index >= 15 is 0 Å². The van der Waals surface area contributed by atoms with Crippen LogP contribution in [0.4, 0.5) is 11.4 Å². The van der Waals surface area contributed by atoms with Gasteiger partial charge in [0, 0.05) is 29.0 Å². The third-order valence-electron chi connectivity index (χ3n) is 6.02. The number of anilines is 1. The van der Waals surface area contributed by atoms with Crippen molar-refractivity contribution in [3.05, 3.63) is 81.9 Å². The molecule has 2 aromatic carbocycles. The number of benzene rings is 2. The maximum Gasteiger partial charge on any atom is 0.333 e. The number of nitro benzene ring substituents is 1. The number of para-hydroxylation sites is 1. The van der Waals surface area contributed by atoms with Crippen LogP contribution in [-0.2, 0) is 14.9 Å². The summed E-state index contributed by atoms with van der Waals surface area (Å²) in [4.78, 5) is 24.7. The van der Waals surface area contributed by atoms with Crippen LogP contribution in [-0.4, -0.2) is 29.8 Å². The molecule has 0 radical (unpaired) electrons. The van der Waals surface area contributed by atoms with E-state index in [2.05, 4.69) is 31.4 Å². The highest BCUT2D eigenvalue weighted by atomic mass is 16.6. The second-order valence-electron chi connectivity index (χ2n) is 8.32. The SMILES string of the molecule is C=C(C)C(=O)OCCN1c2ccccc2C(C)(C)[C@@]12C=Cc1cc([N+](=O)[O-])ccc1O2. The van der Waals surface area contributed by atoms with Crippen molar-refractivity contribution in [2.75, 3.05) is 18.1 Å². The minimum atomic E-state index is -0.880. The zero-order valence-corrected chi connectivity index (χ0v) is 17.8. The van der Waals surface area contributed by atoms with Gasteiger partial charge in [0.25, 0.3) is 5.69 Å². The van der Waals surface area contributed by atoms with Gasteiger partial charge >= 0.3 is 5.97 Å². The summed E-state index contributed by atoms with van der Waals surface area (Å²) in [5.41, 5.74) is 1.79. The lowest BCUT2D eigenvalue weighted by atomic mass is 9.76. The lowest BCUT2D eigenvalue weighted by Gasteiger charge is -2.47. The summed E-state index contributed by atoms with van der Waals surface area (Å²) in [5, 5.41) is 11.1. The summed E-state index contributed by atoms with van der Waals surface area (Å²) >= 11 is 0. The molecule has 0 bridgehead atoms. The first-order chi connectivity index (χ1) is 14.7. The van der Waals surface area contributed by atoms with Gasteiger partial charge in [-0.3, -0.25) is 10.1 Å². The Bertz CT molecular complexity index is 1120. The second kappa shape index (κ2) is 7.27. The van der Waals surface area contributed by atoms with Gasteiger partial charge in [0.1, 0.15) is 12.4 Å². The molecule has 0 fully saturated rings. The smallest absolute Gasteiger partial charge is 0.333 e. The first-order valence-corrected chi connectivity index (χ1v) is 10.0. The van der Waals surface area contributed by atoms with Crippen LogP contribution in [0.3, 0.4) is 0 Å². The van der Waals surface area contributed by atoms with Crippen LogP contribution in [0.15, 0.2) is 60.7 Å². The fraction of sp³-hybridized carbons (Fsp3) is 0.292. The average molecular weight is 420 g/mol. The molecule has 160 valence electrons. The number of nitro groups is 1. The lowest BCUT2D eigenvalue weighted by molar-refractivity contribution is -0.384. The number of carbonyl (C=O) groups is 1. The van der Waals surface area contributed by atoms with E-state index in [0.717, 1.165) is 11.3 Å². The van der Waals surface area contributed by atoms with Gasteiger partial charge in [-0.1, -0.05) is 24.8 Å². The molecule has 0 amide bonds. The highest BCUT2D eigenvalue weighted by Gasteiger charge is 2.58. The molecule has 2 heterocycles. The van der Waals surface area contributed by atoms with Crippen LogP contribution in [0.1, 0.15) is 31.9 Å². The molecule has 0 saturated carbocycles. The Morgan fingerprint density at radius 3 is 2.71 bits per heavy atom. The van der Waals surface area contributed by atoms with E-state index in [1.807, 2.05) is 30.4 Å². The van der Waals surface area contributed by atoms with E-state index < -0.39 is 22.0 Å². The molecule has 2 aliphatic heterocycles. The Balaban J connectivity index is 1.73. The molecule has 1 atom stereocenters. The fourth-order valence-corrected chi connectivity index (χ4v) is 4.34. The number of fused-ring (bicyclic) bond motifs is 2. The molecule has 2 aliphatic rings. The van der Waals surface area contributed by atoms with E-state index in [-0.39, 0.29) is 12.3 Å². The van der Waals surface area contributed by atoms with Crippen molar-refractivity contribution in [1.82, 2.24) is 0 Å². The topological polar surface area (TPSA) is 81.9 Å². The van der Waals surface area contributed by atoms with Crippen LogP contribution in [0.2, 0.25) is 0 Å². The number of rotatable bonds is 5. The van der Waals surface area contributed by atoms with E-state index in [1.165, 1.54) is 12.1 Å². The van der Waals surface area contributed by atoms with E-state index in [4.69, 9.17) is 9.47 Å². The second-order valence-corrected chi connectivity index (χ2v) is 8.32. The van der Waals surface area contributed by atoms with E-state index in [1.54, 1.807) is 13.0 Å². The van der Waals surface area contributed by atoms with Crippen molar-refractivity contribution in [1.29, 1.82) is 0 Å². The van der Waals surface area contributed by atoms with Gasteiger partial charge in [0.2, 0.25) is 5.72 Å². The van der Waals surface area contributed by atoms with Crippen molar-refractivity contribution in [2.45, 2.75) is 31.9 Å². The molecule has 31 heavy (non-hydrogen) atoms. The van der Waals surface area contributed by atoms with Crippen LogP contribution in [0, 0.1) is 10.1 Å². The van der Waals surface area contributed by atoms with Gasteiger partial charge < -0.3 is 14.4 Å². The van der Waals surface area contributed by atoms with E-state index in [0.29, 0.717) is 23.4 Å². The quantitative estimate of drug-likeness (QED) is 0.304. The number of hydrogen-bond acceptors (Lipinski definition) is 6. The number of nitrogens with zero attached hydrogens (tertiary/aromatic N) is 2. The van der Waals surface area contributed by atoms with Crippen molar-refractivity contribution in [3.8, 4) is 5.75 Å². The molecule has 1 spiro atoms. The van der Waals surface area contributed by atoms with Crippen molar-refractivity contribution < 1.29 is 19.2 Å². The number of hydrogen-bond donors (Lipinski definition) is 0. The molecule has 0 unspecified atom stereocenters. The number of non-ortho nitro benzene ring substituents is 1. The van der Waals surface area contributed by atoms with Crippen molar-refractivity contribution in [3.63, 3.8) is 0 Å². The maximum absolute atomic E-state index is 11.9. The highest BCUT2D eigenvalue weighted by Crippen LogP contribution is 2.54. The maximum atomic E-state index is 11.9. The van der Waals surface area contributed by atoms with Gasteiger partial charge in [-0.15, -0.1) is 0 Å². The fourth-order valence-electron chi connectivity index (χ4n) is 4.34. The Morgan fingerprint density at radius 1 is 1.26 bits per heavy atom.